The van der Waals surface area contributed by atoms with Gasteiger partial charge < -0.3 is 4.74 Å². The first kappa shape index (κ1) is 25.9. The molecule has 5 aromatic carbocycles. The lowest BCUT2D eigenvalue weighted by Crippen LogP contribution is -2.15. The Morgan fingerprint density at radius 2 is 1.05 bits per heavy atom. The van der Waals surface area contributed by atoms with Crippen molar-refractivity contribution in [3.63, 3.8) is 0 Å². The van der Waals surface area contributed by atoms with Crippen LogP contribution in [-0.4, -0.2) is 20.8 Å². The van der Waals surface area contributed by atoms with Gasteiger partial charge in [-0.05, 0) is 35.4 Å². The molecule has 0 amide bonds. The van der Waals surface area contributed by atoms with Gasteiger partial charge in [0, 0.05) is 38.9 Å². The van der Waals surface area contributed by atoms with Crippen molar-refractivity contribution in [1.82, 2.24) is 20.4 Å². The lowest BCUT2D eigenvalue weighted by atomic mass is 10.0. The third-order valence-corrected chi connectivity index (χ3v) is 7.82. The summed E-state index contributed by atoms with van der Waals surface area (Å²) in [6.07, 6.45) is -0.677. The molecular formula is C36H23F2N5O. The van der Waals surface area contributed by atoms with Crippen LogP contribution in [0.1, 0.15) is 28.5 Å². The molecular weight excluding hydrogens is 556 g/mol. The van der Waals surface area contributed by atoms with Crippen LogP contribution in [0.5, 0.6) is 0 Å². The van der Waals surface area contributed by atoms with Crippen LogP contribution in [0.2, 0.25) is 0 Å². The Bertz CT molecular complexity index is 1990. The zero-order valence-electron chi connectivity index (χ0n) is 23.2. The minimum absolute atomic E-state index is 0.0775. The highest BCUT2D eigenvalue weighted by Crippen LogP contribution is 2.52. The molecule has 0 fully saturated rings. The van der Waals surface area contributed by atoms with E-state index in [9.17, 15) is 0 Å². The molecule has 2 aliphatic rings. The number of hydrogen-bond acceptors (Lipinski definition) is 6. The van der Waals surface area contributed by atoms with E-state index < -0.39 is 12.2 Å². The second kappa shape index (κ2) is 10.2. The highest BCUT2D eigenvalue weighted by molar-refractivity contribution is 5.94. The predicted molar refractivity (Wildman–Crippen MR) is 165 cm³/mol. The summed E-state index contributed by atoms with van der Waals surface area (Å²) in [5.74, 6) is -1.57. The quantitative estimate of drug-likeness (QED) is 0.224. The molecule has 44 heavy (non-hydrogen) atoms. The number of nitrogens with zero attached hydrogens (tertiary/aromatic N) is 4. The van der Waals surface area contributed by atoms with Gasteiger partial charge in [-0.25, -0.2) is 15.0 Å². The van der Waals surface area contributed by atoms with Gasteiger partial charge in [0.1, 0.15) is 0 Å². The molecule has 1 N–H and O–H groups in total. The number of hydrogen-bond donors (Lipinski definition) is 1. The van der Waals surface area contributed by atoms with E-state index in [2.05, 4.69) is 10.5 Å². The average Bonchev–Trinajstić information content (AvgIpc) is 3.67. The molecule has 1 aliphatic carbocycles. The maximum atomic E-state index is 16.2. The Hall–Kier alpha value is -5.76. The minimum atomic E-state index is -3.24. The largest absolute Gasteiger partial charge is 0.446 e. The van der Waals surface area contributed by atoms with Crippen molar-refractivity contribution in [1.29, 1.82) is 0 Å². The number of hydrazone groups is 1. The van der Waals surface area contributed by atoms with Gasteiger partial charge >= 0.3 is 0 Å². The number of fused-ring (bicyclic) bond motifs is 3. The summed E-state index contributed by atoms with van der Waals surface area (Å²) in [6.45, 7) is 0. The molecule has 6 aromatic rings. The first-order chi connectivity index (χ1) is 21.5. The van der Waals surface area contributed by atoms with E-state index in [4.69, 9.17) is 19.7 Å². The standard InChI is InChI=1S/C36H23F2N5O/c37-36(38)29-20-25(33-40-31(22-10-4-1-5-11-22)39-32(41-33)23-12-6-2-7-13-23)16-18-27(29)28-19-17-26(21-30(28)36)35-43-42-34(44-35)24-14-8-3-9-15-24/h1-21,35,43H. The van der Waals surface area contributed by atoms with Gasteiger partial charge in [-0.3, -0.25) is 5.43 Å². The molecule has 0 radical (unpaired) electrons. The number of rotatable bonds is 5. The lowest BCUT2D eigenvalue weighted by molar-refractivity contribution is 0.0477. The maximum Gasteiger partial charge on any atom is 0.299 e. The summed E-state index contributed by atoms with van der Waals surface area (Å²) < 4.78 is 38.3. The summed E-state index contributed by atoms with van der Waals surface area (Å²) in [5.41, 5.74) is 7.17. The van der Waals surface area contributed by atoms with Gasteiger partial charge in [0.05, 0.1) is 0 Å². The van der Waals surface area contributed by atoms with Gasteiger partial charge in [0.25, 0.3) is 5.92 Å². The fourth-order valence-corrected chi connectivity index (χ4v) is 5.62. The summed E-state index contributed by atoms with van der Waals surface area (Å²) in [6, 6.07) is 38.6. The molecule has 1 unspecified atom stereocenters. The molecule has 1 aliphatic heterocycles. The fourth-order valence-electron chi connectivity index (χ4n) is 5.62. The molecule has 0 saturated carbocycles. The monoisotopic (exact) mass is 579 g/mol. The Morgan fingerprint density at radius 3 is 1.64 bits per heavy atom. The second-order valence-electron chi connectivity index (χ2n) is 10.6. The molecule has 2 heterocycles. The van der Waals surface area contributed by atoms with Gasteiger partial charge in [0.15, 0.2) is 17.5 Å². The molecule has 0 bridgehead atoms. The van der Waals surface area contributed by atoms with Crippen molar-refractivity contribution in [3.8, 4) is 45.3 Å². The summed E-state index contributed by atoms with van der Waals surface area (Å²) in [5, 5.41) is 4.27. The fraction of sp³-hybridized carbons (Fsp3) is 0.0556. The van der Waals surface area contributed by atoms with E-state index in [-0.39, 0.29) is 11.1 Å². The zero-order chi connectivity index (χ0) is 29.7. The average molecular weight is 580 g/mol. The first-order valence-corrected chi connectivity index (χ1v) is 14.1. The van der Waals surface area contributed by atoms with E-state index in [1.54, 1.807) is 24.3 Å². The lowest BCUT2D eigenvalue weighted by Gasteiger charge is -2.16. The van der Waals surface area contributed by atoms with Crippen molar-refractivity contribution in [2.45, 2.75) is 12.2 Å². The van der Waals surface area contributed by atoms with Crippen LogP contribution < -0.4 is 5.43 Å². The maximum absolute atomic E-state index is 16.2. The SMILES string of the molecule is FC1(F)c2cc(-c3nc(-c4ccccc4)nc(-c4ccccc4)n3)ccc2-c2ccc(C3NN=C(c4ccccc4)O3)cc21. The van der Waals surface area contributed by atoms with Crippen molar-refractivity contribution >= 4 is 5.90 Å². The van der Waals surface area contributed by atoms with E-state index in [0.717, 1.165) is 16.7 Å². The molecule has 8 heteroatoms. The number of alkyl halides is 2. The third kappa shape index (κ3) is 4.39. The minimum Gasteiger partial charge on any atom is -0.446 e. The number of ether oxygens (including phenoxy) is 1. The highest BCUT2D eigenvalue weighted by atomic mass is 19.3. The number of halogens is 2. The summed E-state index contributed by atoms with van der Waals surface area (Å²) >= 11 is 0. The molecule has 6 nitrogen and oxygen atoms in total. The van der Waals surface area contributed by atoms with E-state index in [1.807, 2.05) is 91.0 Å². The second-order valence-corrected chi connectivity index (χ2v) is 10.6. The molecule has 1 aromatic heterocycles. The zero-order valence-corrected chi connectivity index (χ0v) is 23.2. The Labute approximate surface area is 251 Å². The number of benzene rings is 5. The molecule has 0 saturated heterocycles. The molecule has 1 atom stereocenters. The van der Waals surface area contributed by atoms with Gasteiger partial charge in [-0.2, -0.15) is 8.78 Å². The molecule has 8 rings (SSSR count). The Morgan fingerprint density at radius 1 is 0.545 bits per heavy atom. The van der Waals surface area contributed by atoms with Crippen LogP contribution in [0.15, 0.2) is 132 Å². The number of nitrogens with one attached hydrogen (secondary N) is 1. The van der Waals surface area contributed by atoms with E-state index in [0.29, 0.717) is 45.6 Å². The van der Waals surface area contributed by atoms with Crippen LogP contribution in [0, 0.1) is 0 Å². The Kier molecular flexibility index (Phi) is 6.01. The van der Waals surface area contributed by atoms with Crippen molar-refractivity contribution in [2.24, 2.45) is 5.10 Å². The van der Waals surface area contributed by atoms with Crippen molar-refractivity contribution in [3.05, 3.63) is 150 Å². The van der Waals surface area contributed by atoms with Crippen LogP contribution >= 0.6 is 0 Å². The van der Waals surface area contributed by atoms with Gasteiger partial charge in [-0.15, -0.1) is 5.10 Å². The smallest absolute Gasteiger partial charge is 0.299 e. The Balaban J connectivity index is 1.16. The molecule has 212 valence electrons. The number of aromatic nitrogens is 3. The van der Waals surface area contributed by atoms with Crippen molar-refractivity contribution < 1.29 is 13.5 Å². The van der Waals surface area contributed by atoms with Crippen LogP contribution in [0.25, 0.3) is 45.3 Å². The normalized spacial score (nSPS) is 16.0. The third-order valence-electron chi connectivity index (χ3n) is 7.82. The van der Waals surface area contributed by atoms with E-state index in [1.165, 1.54) is 12.1 Å². The van der Waals surface area contributed by atoms with Crippen LogP contribution in [0.4, 0.5) is 8.78 Å². The highest BCUT2D eigenvalue weighted by Gasteiger charge is 2.45. The summed E-state index contributed by atoms with van der Waals surface area (Å²) in [4.78, 5) is 14.1. The van der Waals surface area contributed by atoms with Crippen LogP contribution in [0.3, 0.4) is 0 Å². The predicted octanol–water partition coefficient (Wildman–Crippen LogP) is 7.97. The first-order valence-electron chi connectivity index (χ1n) is 14.1. The van der Waals surface area contributed by atoms with E-state index >= 15 is 8.78 Å². The van der Waals surface area contributed by atoms with Gasteiger partial charge in [0.2, 0.25) is 12.1 Å². The van der Waals surface area contributed by atoms with Crippen molar-refractivity contribution in [2.75, 3.05) is 0 Å². The topological polar surface area (TPSA) is 72.3 Å². The molecule has 0 spiro atoms. The summed E-state index contributed by atoms with van der Waals surface area (Å²) in [7, 11) is 0. The van der Waals surface area contributed by atoms with Gasteiger partial charge in [-0.1, -0.05) is 103 Å². The van der Waals surface area contributed by atoms with Crippen LogP contribution in [-0.2, 0) is 10.7 Å².